The molecule has 1 aliphatic heterocycles. The second-order valence-electron chi connectivity index (χ2n) is 3.99. The highest BCUT2D eigenvalue weighted by atomic mass is 16.2. The Morgan fingerprint density at radius 2 is 1.94 bits per heavy atom. The predicted octanol–water partition coefficient (Wildman–Crippen LogP) is 0.732. The molecule has 5 heteroatoms. The third kappa shape index (κ3) is 2.57. The molecule has 2 rings (SSSR count). The first-order valence-corrected chi connectivity index (χ1v) is 5.44. The van der Waals surface area contributed by atoms with Gasteiger partial charge in [0.25, 0.3) is 5.91 Å². The van der Waals surface area contributed by atoms with Gasteiger partial charge in [-0.15, -0.1) is 0 Å². The Balaban J connectivity index is 2.23. The number of nitrogens with two attached hydrogens (primary N) is 1. The Hall–Kier alpha value is -2.56. The van der Waals surface area contributed by atoms with Crippen molar-refractivity contribution in [3.05, 3.63) is 59.3 Å². The lowest BCUT2D eigenvalue weighted by Gasteiger charge is -2.18. The number of carbonyl (C=O) groups excluding carboxylic acids is 1. The summed E-state index contributed by atoms with van der Waals surface area (Å²) in [6, 6.07) is 7.78. The van der Waals surface area contributed by atoms with Crippen molar-refractivity contribution in [2.45, 2.75) is 6.92 Å². The summed E-state index contributed by atoms with van der Waals surface area (Å²) in [6.45, 7) is 5.57. The highest BCUT2D eigenvalue weighted by Gasteiger charge is 2.19. The molecule has 1 amide bonds. The minimum atomic E-state index is -0.361. The number of carbonyl (C=O) groups is 1. The molecule has 1 aromatic rings. The number of rotatable bonds is 2. The van der Waals surface area contributed by atoms with Crippen LogP contribution >= 0.6 is 0 Å². The maximum Gasteiger partial charge on any atom is 0.279 e. The van der Waals surface area contributed by atoms with E-state index in [1.54, 1.807) is 6.21 Å². The molecule has 0 saturated heterocycles. The van der Waals surface area contributed by atoms with Gasteiger partial charge in [-0.1, -0.05) is 36.4 Å². The van der Waals surface area contributed by atoms with Crippen LogP contribution in [0.3, 0.4) is 0 Å². The molecule has 0 spiro atoms. The zero-order chi connectivity index (χ0) is 13.1. The van der Waals surface area contributed by atoms with Crippen molar-refractivity contribution in [3.63, 3.8) is 0 Å². The van der Waals surface area contributed by atoms with Crippen molar-refractivity contribution in [3.8, 4) is 0 Å². The van der Waals surface area contributed by atoms with Gasteiger partial charge < -0.3 is 16.4 Å². The second-order valence-corrected chi connectivity index (χ2v) is 3.99. The molecule has 0 atom stereocenters. The Morgan fingerprint density at radius 3 is 2.56 bits per heavy atom. The molecule has 1 aromatic carbocycles. The van der Waals surface area contributed by atoms with Gasteiger partial charge in [-0.25, -0.2) is 4.99 Å². The number of nitrogens with zero attached hydrogens (tertiary/aromatic N) is 1. The quantitative estimate of drug-likeness (QED) is 0.669. The zero-order valence-corrected chi connectivity index (χ0v) is 10.0. The summed E-state index contributed by atoms with van der Waals surface area (Å²) in [6.07, 6.45) is 1.59. The molecule has 5 nitrogen and oxygen atoms in total. The van der Waals surface area contributed by atoms with E-state index in [0.29, 0.717) is 5.82 Å². The molecule has 0 unspecified atom stereocenters. The standard InChI is InChI=1S/C13H14N4O/c1-8-3-5-10(6-4-8)7-15-11-12(14)16-9(2)17-13(11)18/h3-7,16H,2,14H2,1H3,(H,17,18). The minimum Gasteiger partial charge on any atom is -0.383 e. The summed E-state index contributed by atoms with van der Waals surface area (Å²) < 4.78 is 0. The maximum atomic E-state index is 11.6. The fraction of sp³-hybridized carbons (Fsp3) is 0.0769. The van der Waals surface area contributed by atoms with Gasteiger partial charge in [-0.3, -0.25) is 4.79 Å². The molecule has 1 aliphatic rings. The van der Waals surface area contributed by atoms with Crippen molar-refractivity contribution >= 4 is 12.1 Å². The molecule has 0 bridgehead atoms. The lowest BCUT2D eigenvalue weighted by Crippen LogP contribution is -2.40. The van der Waals surface area contributed by atoms with Crippen LogP contribution < -0.4 is 16.4 Å². The molecule has 0 fully saturated rings. The van der Waals surface area contributed by atoms with Crippen molar-refractivity contribution < 1.29 is 4.79 Å². The van der Waals surface area contributed by atoms with E-state index in [4.69, 9.17) is 5.73 Å². The summed E-state index contributed by atoms with van der Waals surface area (Å²) >= 11 is 0. The average molecular weight is 242 g/mol. The van der Waals surface area contributed by atoms with Gasteiger partial charge in [0, 0.05) is 6.21 Å². The Labute approximate surface area is 105 Å². The molecule has 1 heterocycles. The zero-order valence-electron chi connectivity index (χ0n) is 10.0. The number of aryl methyl sites for hydroxylation is 1. The van der Waals surface area contributed by atoms with Crippen LogP contribution in [0.1, 0.15) is 11.1 Å². The Bertz CT molecular complexity index is 555. The molecule has 92 valence electrons. The number of aliphatic imine (C=N–C) groups is 1. The number of hydrogen-bond donors (Lipinski definition) is 3. The van der Waals surface area contributed by atoms with E-state index in [2.05, 4.69) is 22.2 Å². The molecule has 18 heavy (non-hydrogen) atoms. The average Bonchev–Trinajstić information content (AvgIpc) is 2.30. The summed E-state index contributed by atoms with van der Waals surface area (Å²) in [4.78, 5) is 15.7. The third-order valence-electron chi connectivity index (χ3n) is 2.44. The van der Waals surface area contributed by atoms with Crippen LogP contribution in [0.5, 0.6) is 0 Å². The van der Waals surface area contributed by atoms with E-state index >= 15 is 0 Å². The fourth-order valence-electron chi connectivity index (χ4n) is 1.49. The molecular formula is C13H14N4O. The van der Waals surface area contributed by atoms with Gasteiger partial charge >= 0.3 is 0 Å². The summed E-state index contributed by atoms with van der Waals surface area (Å²) in [7, 11) is 0. The smallest absolute Gasteiger partial charge is 0.279 e. The van der Waals surface area contributed by atoms with E-state index in [1.165, 1.54) is 5.56 Å². The van der Waals surface area contributed by atoms with Gasteiger partial charge in [-0.2, -0.15) is 0 Å². The van der Waals surface area contributed by atoms with Crippen LogP contribution in [0.2, 0.25) is 0 Å². The predicted molar refractivity (Wildman–Crippen MR) is 70.4 cm³/mol. The Kier molecular flexibility index (Phi) is 3.14. The van der Waals surface area contributed by atoms with Gasteiger partial charge in [0.15, 0.2) is 5.70 Å². The van der Waals surface area contributed by atoms with Crippen LogP contribution in [0.4, 0.5) is 0 Å². The molecule has 4 N–H and O–H groups in total. The van der Waals surface area contributed by atoms with E-state index in [0.717, 1.165) is 5.56 Å². The van der Waals surface area contributed by atoms with Gasteiger partial charge in [0.1, 0.15) is 11.6 Å². The number of nitrogens with one attached hydrogen (secondary N) is 2. The maximum absolute atomic E-state index is 11.6. The van der Waals surface area contributed by atoms with Crippen molar-refractivity contribution in [2.24, 2.45) is 10.7 Å². The second kappa shape index (κ2) is 4.75. The van der Waals surface area contributed by atoms with Crippen LogP contribution in [0, 0.1) is 6.92 Å². The fourth-order valence-corrected chi connectivity index (χ4v) is 1.49. The summed E-state index contributed by atoms with van der Waals surface area (Å²) in [5.74, 6) is 0.193. The van der Waals surface area contributed by atoms with E-state index in [9.17, 15) is 4.79 Å². The first-order valence-electron chi connectivity index (χ1n) is 5.44. The number of amides is 1. The SMILES string of the molecule is C=C1NC(=O)C(N=Cc2ccc(C)cc2)=C(N)N1. The van der Waals surface area contributed by atoms with E-state index in [1.807, 2.05) is 31.2 Å². The molecule has 0 radical (unpaired) electrons. The molecule has 0 aliphatic carbocycles. The van der Waals surface area contributed by atoms with Gasteiger partial charge in [0.2, 0.25) is 0 Å². The van der Waals surface area contributed by atoms with Crippen LogP contribution in [0.25, 0.3) is 0 Å². The molecular weight excluding hydrogens is 228 g/mol. The van der Waals surface area contributed by atoms with Crippen molar-refractivity contribution in [2.75, 3.05) is 0 Å². The largest absolute Gasteiger partial charge is 0.383 e. The monoisotopic (exact) mass is 242 g/mol. The van der Waals surface area contributed by atoms with E-state index < -0.39 is 0 Å². The lowest BCUT2D eigenvalue weighted by atomic mass is 10.2. The van der Waals surface area contributed by atoms with E-state index in [-0.39, 0.29) is 17.4 Å². The van der Waals surface area contributed by atoms with Gasteiger partial charge in [-0.05, 0) is 12.5 Å². The number of hydrogen-bond acceptors (Lipinski definition) is 4. The first-order chi connectivity index (χ1) is 8.56. The van der Waals surface area contributed by atoms with Crippen LogP contribution in [0.15, 0.2) is 53.2 Å². The topological polar surface area (TPSA) is 79.5 Å². The van der Waals surface area contributed by atoms with Crippen molar-refractivity contribution in [1.29, 1.82) is 0 Å². The lowest BCUT2D eigenvalue weighted by molar-refractivity contribution is -0.117. The molecule has 0 aromatic heterocycles. The first kappa shape index (κ1) is 11.9. The number of benzene rings is 1. The normalized spacial score (nSPS) is 15.8. The van der Waals surface area contributed by atoms with Crippen LogP contribution in [-0.2, 0) is 4.79 Å². The minimum absolute atomic E-state index is 0.156. The Morgan fingerprint density at radius 1 is 1.28 bits per heavy atom. The summed E-state index contributed by atoms with van der Waals surface area (Å²) in [5.41, 5.74) is 7.90. The van der Waals surface area contributed by atoms with Gasteiger partial charge in [0.05, 0.1) is 0 Å². The molecule has 0 saturated carbocycles. The summed E-state index contributed by atoms with van der Waals surface area (Å²) in [5, 5.41) is 5.23. The third-order valence-corrected chi connectivity index (χ3v) is 2.44. The van der Waals surface area contributed by atoms with Crippen molar-refractivity contribution in [1.82, 2.24) is 10.6 Å². The highest BCUT2D eigenvalue weighted by Crippen LogP contribution is 2.07. The highest BCUT2D eigenvalue weighted by molar-refractivity contribution is 5.98. The van der Waals surface area contributed by atoms with Crippen LogP contribution in [-0.4, -0.2) is 12.1 Å².